The number of halogens is 1. The van der Waals surface area contributed by atoms with Crippen LogP contribution in [0.25, 0.3) is 0 Å². The summed E-state index contributed by atoms with van der Waals surface area (Å²) < 4.78 is 5.31. The number of piperidine rings is 1. The van der Waals surface area contributed by atoms with Crippen molar-refractivity contribution in [3.63, 3.8) is 0 Å². The summed E-state index contributed by atoms with van der Waals surface area (Å²) in [4.78, 5) is 18.6. The van der Waals surface area contributed by atoms with E-state index in [1.807, 2.05) is 37.3 Å². The average molecular weight is 325 g/mol. The number of nitrogens with zero attached hydrogens (tertiary/aromatic N) is 2. The first-order valence-electron chi connectivity index (χ1n) is 7.18. The molecule has 0 aliphatic carbocycles. The second kappa shape index (κ2) is 9.87. The van der Waals surface area contributed by atoms with Gasteiger partial charge in [0, 0.05) is 19.0 Å². The molecule has 1 aliphatic heterocycles. The molecule has 1 aromatic rings. The molecule has 6 heteroatoms. The average Bonchev–Trinajstić information content (AvgIpc) is 2.54. The summed E-state index contributed by atoms with van der Waals surface area (Å²) in [5.74, 6) is 2.88. The largest absolute Gasteiger partial charge is 0.445 e. The highest BCUT2D eigenvalue weighted by atomic mass is 35.5. The van der Waals surface area contributed by atoms with Gasteiger partial charge in [-0.25, -0.2) is 4.79 Å². The molecule has 120 valence electrons. The summed E-state index contributed by atoms with van der Waals surface area (Å²) >= 11 is 0. The van der Waals surface area contributed by atoms with Crippen LogP contribution in [0.2, 0.25) is 0 Å². The van der Waals surface area contributed by atoms with Gasteiger partial charge in [0.1, 0.15) is 13.2 Å². The van der Waals surface area contributed by atoms with E-state index in [2.05, 4.69) is 11.0 Å². The van der Waals surface area contributed by atoms with Crippen LogP contribution in [0.3, 0.4) is 0 Å². The molecule has 5 nitrogen and oxygen atoms in total. The summed E-state index contributed by atoms with van der Waals surface area (Å²) in [5.41, 5.74) is 2.07. The third-order valence-corrected chi connectivity index (χ3v) is 3.23. The van der Waals surface area contributed by atoms with Crippen LogP contribution in [0.5, 0.6) is 0 Å². The summed E-state index contributed by atoms with van der Waals surface area (Å²) in [5, 5.41) is 3.74. The van der Waals surface area contributed by atoms with Gasteiger partial charge in [-0.1, -0.05) is 30.3 Å². The Labute approximate surface area is 137 Å². The van der Waals surface area contributed by atoms with Gasteiger partial charge in [-0.3, -0.25) is 0 Å². The lowest BCUT2D eigenvalue weighted by atomic mass is 10.1. The Kier molecular flexibility index (Phi) is 8.11. The third kappa shape index (κ3) is 5.80. The van der Waals surface area contributed by atoms with Gasteiger partial charge in [-0.15, -0.1) is 12.4 Å². The minimum atomic E-state index is -0.264. The lowest BCUT2D eigenvalue weighted by Crippen LogP contribution is -2.36. The molecule has 1 aromatic carbocycles. The van der Waals surface area contributed by atoms with Crippen LogP contribution in [0.15, 0.2) is 41.1 Å². The molecule has 0 bridgehead atoms. The highest BCUT2D eigenvalue weighted by Crippen LogP contribution is 2.15. The lowest BCUT2D eigenvalue weighted by molar-refractivity contribution is 0.0936. The molecule has 0 N–H and O–H groups in total. The Morgan fingerprint density at radius 2 is 1.95 bits per heavy atom. The minimum Gasteiger partial charge on any atom is -0.445 e. The summed E-state index contributed by atoms with van der Waals surface area (Å²) in [6.45, 7) is 4.00. The molecule has 2 rings (SSSR count). The molecule has 1 saturated heterocycles. The van der Waals surface area contributed by atoms with Crippen LogP contribution in [-0.2, 0) is 16.2 Å². The SMILES string of the molecule is CCON=C=C1CCN(C(=O)OCc2ccccc2)CC1.Cl. The van der Waals surface area contributed by atoms with Crippen LogP contribution >= 0.6 is 12.4 Å². The number of rotatable bonds is 4. The molecule has 1 amide bonds. The van der Waals surface area contributed by atoms with Gasteiger partial charge >= 0.3 is 6.09 Å². The maximum atomic E-state index is 12.0. The quantitative estimate of drug-likeness (QED) is 0.630. The minimum absolute atomic E-state index is 0. The van der Waals surface area contributed by atoms with Crippen molar-refractivity contribution in [1.29, 1.82) is 0 Å². The van der Waals surface area contributed by atoms with Gasteiger partial charge in [0.05, 0.1) is 0 Å². The Morgan fingerprint density at radius 1 is 1.27 bits per heavy atom. The highest BCUT2D eigenvalue weighted by molar-refractivity contribution is 5.85. The van der Waals surface area contributed by atoms with E-state index >= 15 is 0 Å². The van der Waals surface area contributed by atoms with Crippen LogP contribution < -0.4 is 0 Å². The van der Waals surface area contributed by atoms with E-state index in [-0.39, 0.29) is 18.5 Å². The molecule has 0 unspecified atom stereocenters. The van der Waals surface area contributed by atoms with Gasteiger partial charge < -0.3 is 14.5 Å². The summed E-state index contributed by atoms with van der Waals surface area (Å²) in [6.07, 6.45) is 1.26. The van der Waals surface area contributed by atoms with Gasteiger partial charge in [0.2, 0.25) is 0 Å². The fourth-order valence-electron chi connectivity index (χ4n) is 2.04. The van der Waals surface area contributed by atoms with E-state index in [0.717, 1.165) is 24.0 Å². The Morgan fingerprint density at radius 3 is 2.59 bits per heavy atom. The van der Waals surface area contributed by atoms with E-state index in [1.54, 1.807) is 4.90 Å². The maximum Gasteiger partial charge on any atom is 0.410 e. The zero-order valence-electron chi connectivity index (χ0n) is 12.7. The van der Waals surface area contributed by atoms with Gasteiger partial charge in [0.25, 0.3) is 0 Å². The molecule has 0 atom stereocenters. The molecular formula is C16H21ClN2O3. The predicted molar refractivity (Wildman–Crippen MR) is 87.3 cm³/mol. The van der Waals surface area contributed by atoms with Gasteiger partial charge in [-0.05, 0) is 36.1 Å². The molecule has 1 fully saturated rings. The molecular weight excluding hydrogens is 304 g/mol. The molecule has 0 radical (unpaired) electrons. The van der Waals surface area contributed by atoms with E-state index in [1.165, 1.54) is 0 Å². The topological polar surface area (TPSA) is 51.1 Å². The molecule has 0 saturated carbocycles. The first-order chi connectivity index (χ1) is 10.3. The second-order valence-corrected chi connectivity index (χ2v) is 4.75. The number of likely N-dealkylation sites (tertiary alicyclic amines) is 1. The summed E-state index contributed by atoms with van der Waals surface area (Å²) in [6, 6.07) is 9.67. The Balaban J connectivity index is 0.00000242. The molecule has 1 aliphatic rings. The number of ether oxygens (including phenoxy) is 1. The zero-order valence-corrected chi connectivity index (χ0v) is 13.5. The van der Waals surface area contributed by atoms with E-state index in [4.69, 9.17) is 9.57 Å². The van der Waals surface area contributed by atoms with Crippen molar-refractivity contribution in [2.45, 2.75) is 26.4 Å². The van der Waals surface area contributed by atoms with Crippen molar-refractivity contribution in [3.05, 3.63) is 41.5 Å². The monoisotopic (exact) mass is 324 g/mol. The normalized spacial score (nSPS) is 13.7. The molecule has 0 spiro atoms. The van der Waals surface area contributed by atoms with Crippen LogP contribution in [0.1, 0.15) is 25.3 Å². The number of hydrogen-bond acceptors (Lipinski definition) is 4. The fourth-order valence-corrected chi connectivity index (χ4v) is 2.04. The number of carbonyl (C=O) groups excluding carboxylic acids is 1. The first-order valence-corrected chi connectivity index (χ1v) is 7.18. The summed E-state index contributed by atoms with van der Waals surface area (Å²) in [7, 11) is 0. The van der Waals surface area contributed by atoms with E-state index in [0.29, 0.717) is 26.3 Å². The first kappa shape index (κ1) is 18.1. The van der Waals surface area contributed by atoms with Crippen molar-refractivity contribution in [2.75, 3.05) is 19.7 Å². The van der Waals surface area contributed by atoms with Gasteiger partial charge in [0.15, 0.2) is 0 Å². The van der Waals surface area contributed by atoms with Gasteiger partial charge in [-0.2, -0.15) is 0 Å². The Hall–Kier alpha value is -1.97. The van der Waals surface area contributed by atoms with Crippen molar-refractivity contribution < 1.29 is 14.4 Å². The Bertz CT molecular complexity index is 517. The van der Waals surface area contributed by atoms with E-state index in [9.17, 15) is 4.79 Å². The predicted octanol–water partition coefficient (Wildman–Crippen LogP) is 3.39. The molecule has 0 aromatic heterocycles. The second-order valence-electron chi connectivity index (χ2n) is 4.75. The lowest BCUT2D eigenvalue weighted by Gasteiger charge is -2.26. The third-order valence-electron chi connectivity index (χ3n) is 3.23. The van der Waals surface area contributed by atoms with Crippen molar-refractivity contribution in [2.24, 2.45) is 5.16 Å². The smallest absolute Gasteiger partial charge is 0.410 e. The fraction of sp³-hybridized carbons (Fsp3) is 0.438. The van der Waals surface area contributed by atoms with Crippen molar-refractivity contribution in [1.82, 2.24) is 4.90 Å². The number of benzene rings is 1. The standard InChI is InChI=1S/C16H20N2O3.ClH/c1-2-21-17-12-14-8-10-18(11-9-14)16(19)20-13-15-6-4-3-5-7-15;/h3-7H,2,8-11,13H2,1H3;1H. The van der Waals surface area contributed by atoms with Crippen LogP contribution in [0, 0.1) is 0 Å². The van der Waals surface area contributed by atoms with Crippen LogP contribution in [0.4, 0.5) is 4.79 Å². The maximum absolute atomic E-state index is 12.0. The van der Waals surface area contributed by atoms with Crippen molar-refractivity contribution >= 4 is 24.4 Å². The highest BCUT2D eigenvalue weighted by Gasteiger charge is 2.20. The van der Waals surface area contributed by atoms with Crippen LogP contribution in [-0.4, -0.2) is 36.6 Å². The van der Waals surface area contributed by atoms with E-state index < -0.39 is 0 Å². The van der Waals surface area contributed by atoms with Crippen molar-refractivity contribution in [3.8, 4) is 0 Å². The number of hydrogen-bond donors (Lipinski definition) is 0. The molecule has 1 heterocycles. The number of carbonyl (C=O) groups is 1. The molecule has 22 heavy (non-hydrogen) atoms. The zero-order chi connectivity index (χ0) is 14.9. The number of amides is 1.